The maximum Gasteiger partial charge on any atom is 0.134 e. The van der Waals surface area contributed by atoms with Crippen LogP contribution in [0.15, 0.2) is 130 Å². The molecule has 0 spiro atoms. The van der Waals surface area contributed by atoms with Crippen LogP contribution in [0.3, 0.4) is 0 Å². The summed E-state index contributed by atoms with van der Waals surface area (Å²) in [6.07, 6.45) is 0.944. The summed E-state index contributed by atoms with van der Waals surface area (Å²) in [7, 11) is 0. The minimum atomic E-state index is -0.341. The lowest BCUT2D eigenvalue weighted by molar-refractivity contribution is 0.438. The van der Waals surface area contributed by atoms with Gasteiger partial charge in [0.2, 0.25) is 0 Å². The third-order valence-electron chi connectivity index (χ3n) is 6.90. The molecule has 5 aromatic rings. The Labute approximate surface area is 202 Å². The average molecular weight is 491 g/mol. The van der Waals surface area contributed by atoms with Gasteiger partial charge in [0.05, 0.1) is 5.41 Å². The SMILES string of the molecule is Brc1ccc(-c2cc3c(o2)C(c2ccccc2)(c2ccccc2)CC3c2ccccc2)cc1. The van der Waals surface area contributed by atoms with Crippen molar-refractivity contribution in [2.24, 2.45) is 0 Å². The molecule has 1 nitrogen and oxygen atoms in total. The fourth-order valence-electron chi connectivity index (χ4n) is 5.36. The Morgan fingerprint density at radius 1 is 0.667 bits per heavy atom. The fraction of sp³-hybridized carbons (Fsp3) is 0.0968. The van der Waals surface area contributed by atoms with Crippen LogP contribution >= 0.6 is 15.9 Å². The lowest BCUT2D eigenvalue weighted by Gasteiger charge is -2.31. The van der Waals surface area contributed by atoms with Crippen LogP contribution < -0.4 is 0 Å². The fourth-order valence-corrected chi connectivity index (χ4v) is 5.62. The second-order valence-corrected chi connectivity index (χ2v) is 9.62. The molecule has 0 fully saturated rings. The molecule has 0 saturated heterocycles. The number of hydrogen-bond donors (Lipinski definition) is 0. The van der Waals surface area contributed by atoms with Crippen molar-refractivity contribution in [2.45, 2.75) is 17.8 Å². The van der Waals surface area contributed by atoms with Gasteiger partial charge < -0.3 is 4.42 Å². The van der Waals surface area contributed by atoms with E-state index in [0.717, 1.165) is 28.0 Å². The molecule has 1 atom stereocenters. The van der Waals surface area contributed by atoms with Crippen molar-refractivity contribution in [1.82, 2.24) is 0 Å². The van der Waals surface area contributed by atoms with Gasteiger partial charge in [-0.25, -0.2) is 0 Å². The van der Waals surface area contributed by atoms with Gasteiger partial charge in [0.15, 0.2) is 0 Å². The van der Waals surface area contributed by atoms with Crippen molar-refractivity contribution in [3.05, 3.63) is 154 Å². The number of fused-ring (bicyclic) bond motifs is 1. The van der Waals surface area contributed by atoms with Gasteiger partial charge in [0.25, 0.3) is 0 Å². The van der Waals surface area contributed by atoms with Gasteiger partial charge in [-0.1, -0.05) is 119 Å². The second kappa shape index (κ2) is 8.20. The molecule has 1 aliphatic rings. The normalized spacial score (nSPS) is 16.5. The lowest BCUT2D eigenvalue weighted by atomic mass is 9.71. The third-order valence-corrected chi connectivity index (χ3v) is 7.43. The third kappa shape index (κ3) is 3.37. The minimum absolute atomic E-state index is 0.259. The first-order valence-electron chi connectivity index (χ1n) is 11.3. The zero-order chi connectivity index (χ0) is 22.3. The molecule has 0 bridgehead atoms. The van der Waals surface area contributed by atoms with E-state index in [-0.39, 0.29) is 11.3 Å². The highest BCUT2D eigenvalue weighted by Crippen LogP contribution is 2.57. The minimum Gasteiger partial charge on any atom is -0.459 e. The monoisotopic (exact) mass is 490 g/mol. The predicted molar refractivity (Wildman–Crippen MR) is 138 cm³/mol. The Morgan fingerprint density at radius 2 is 1.21 bits per heavy atom. The predicted octanol–water partition coefficient (Wildman–Crippen LogP) is 8.58. The van der Waals surface area contributed by atoms with Gasteiger partial charge in [-0.15, -0.1) is 0 Å². The summed E-state index contributed by atoms with van der Waals surface area (Å²) < 4.78 is 7.88. The standard InChI is InChI=1S/C31H23BrO/c32-26-18-16-23(17-19-26)29-20-27-28(22-10-4-1-5-11-22)21-31(30(27)33-29,24-12-6-2-7-13-24)25-14-8-3-9-15-25/h1-20,28H,21H2. The van der Waals surface area contributed by atoms with Crippen molar-refractivity contribution < 1.29 is 4.42 Å². The van der Waals surface area contributed by atoms with E-state index in [1.165, 1.54) is 22.3 Å². The van der Waals surface area contributed by atoms with Gasteiger partial charge in [0, 0.05) is 21.5 Å². The zero-order valence-corrected chi connectivity index (χ0v) is 19.7. The molecule has 1 unspecified atom stereocenters. The smallest absolute Gasteiger partial charge is 0.134 e. The van der Waals surface area contributed by atoms with Crippen LogP contribution in [0.1, 0.15) is 40.4 Å². The van der Waals surface area contributed by atoms with Gasteiger partial charge in [-0.2, -0.15) is 0 Å². The van der Waals surface area contributed by atoms with Gasteiger partial charge in [-0.05, 0) is 41.3 Å². The van der Waals surface area contributed by atoms with Gasteiger partial charge in [0.1, 0.15) is 11.5 Å². The molecule has 160 valence electrons. The van der Waals surface area contributed by atoms with E-state index in [9.17, 15) is 0 Å². The van der Waals surface area contributed by atoms with E-state index < -0.39 is 0 Å². The highest BCUT2D eigenvalue weighted by atomic mass is 79.9. The lowest BCUT2D eigenvalue weighted by Crippen LogP contribution is -2.26. The number of rotatable bonds is 4. The molecular formula is C31H23BrO. The maximum atomic E-state index is 6.81. The van der Waals surface area contributed by atoms with Crippen molar-refractivity contribution in [1.29, 1.82) is 0 Å². The number of furan rings is 1. The maximum absolute atomic E-state index is 6.81. The van der Waals surface area contributed by atoms with E-state index in [0.29, 0.717) is 0 Å². The highest BCUT2D eigenvalue weighted by Gasteiger charge is 2.50. The molecule has 0 amide bonds. The molecule has 4 aromatic carbocycles. The molecule has 1 heterocycles. The van der Waals surface area contributed by atoms with Crippen LogP contribution in [0.5, 0.6) is 0 Å². The van der Waals surface area contributed by atoms with Crippen molar-refractivity contribution in [3.8, 4) is 11.3 Å². The summed E-state index contributed by atoms with van der Waals surface area (Å²) in [5, 5.41) is 0. The number of halogens is 1. The van der Waals surface area contributed by atoms with Crippen molar-refractivity contribution in [3.63, 3.8) is 0 Å². The van der Waals surface area contributed by atoms with Crippen LogP contribution in [-0.2, 0) is 5.41 Å². The largest absolute Gasteiger partial charge is 0.459 e. The second-order valence-electron chi connectivity index (χ2n) is 8.71. The summed E-state index contributed by atoms with van der Waals surface area (Å²) in [6.45, 7) is 0. The molecule has 2 heteroatoms. The topological polar surface area (TPSA) is 13.1 Å². The van der Waals surface area contributed by atoms with E-state index in [4.69, 9.17) is 4.42 Å². The van der Waals surface area contributed by atoms with E-state index >= 15 is 0 Å². The van der Waals surface area contributed by atoms with Crippen LogP contribution in [0.4, 0.5) is 0 Å². The molecule has 1 aliphatic carbocycles. The Kier molecular flexibility index (Phi) is 5.04. The quantitative estimate of drug-likeness (QED) is 0.245. The molecule has 6 rings (SSSR count). The molecule has 0 aliphatic heterocycles. The highest BCUT2D eigenvalue weighted by molar-refractivity contribution is 9.10. The zero-order valence-electron chi connectivity index (χ0n) is 18.1. The van der Waals surface area contributed by atoms with E-state index in [2.05, 4.69) is 137 Å². The summed E-state index contributed by atoms with van der Waals surface area (Å²) in [5.74, 6) is 2.24. The Morgan fingerprint density at radius 3 is 1.79 bits per heavy atom. The Bertz CT molecular complexity index is 1330. The molecule has 0 saturated carbocycles. The molecule has 1 aromatic heterocycles. The van der Waals surface area contributed by atoms with Crippen molar-refractivity contribution >= 4 is 15.9 Å². The summed E-state index contributed by atoms with van der Waals surface area (Å²) in [4.78, 5) is 0. The Hall–Kier alpha value is -3.36. The number of hydrogen-bond acceptors (Lipinski definition) is 1. The van der Waals surface area contributed by atoms with E-state index in [1.807, 2.05) is 0 Å². The summed E-state index contributed by atoms with van der Waals surface area (Å²) in [5.41, 5.74) is 5.91. The first-order valence-corrected chi connectivity index (χ1v) is 12.1. The molecular weight excluding hydrogens is 468 g/mol. The summed E-state index contributed by atoms with van der Waals surface area (Å²) >= 11 is 3.55. The Balaban J connectivity index is 1.63. The van der Waals surface area contributed by atoms with Crippen LogP contribution in [0, 0.1) is 0 Å². The van der Waals surface area contributed by atoms with Crippen molar-refractivity contribution in [2.75, 3.05) is 0 Å². The van der Waals surface area contributed by atoms with E-state index in [1.54, 1.807) is 0 Å². The van der Waals surface area contributed by atoms with Crippen LogP contribution in [0.2, 0.25) is 0 Å². The van der Waals surface area contributed by atoms with Gasteiger partial charge in [-0.3, -0.25) is 0 Å². The first kappa shape index (κ1) is 20.3. The average Bonchev–Trinajstić information content (AvgIpc) is 3.45. The molecule has 0 radical (unpaired) electrons. The molecule has 33 heavy (non-hydrogen) atoms. The summed E-state index contributed by atoms with van der Waals surface area (Å²) in [6, 6.07) is 43.1. The van der Waals surface area contributed by atoms with Gasteiger partial charge >= 0.3 is 0 Å². The van der Waals surface area contributed by atoms with Crippen LogP contribution in [0.25, 0.3) is 11.3 Å². The van der Waals surface area contributed by atoms with Crippen LogP contribution in [-0.4, -0.2) is 0 Å². The first-order chi connectivity index (χ1) is 16.3. The molecule has 0 N–H and O–H groups in total. The number of benzene rings is 4.